The van der Waals surface area contributed by atoms with E-state index in [1.54, 1.807) is 18.2 Å². The maximum atomic E-state index is 14.4. The second-order valence-electron chi connectivity index (χ2n) is 5.92. The molecule has 1 aliphatic carbocycles. The Bertz CT molecular complexity index is 532. The van der Waals surface area contributed by atoms with Crippen molar-refractivity contribution in [1.82, 2.24) is 4.90 Å². The summed E-state index contributed by atoms with van der Waals surface area (Å²) in [6.45, 7) is 2.12. The van der Waals surface area contributed by atoms with Gasteiger partial charge in [0.05, 0.1) is 18.3 Å². The van der Waals surface area contributed by atoms with Crippen molar-refractivity contribution in [2.45, 2.75) is 44.4 Å². The minimum absolute atomic E-state index is 0.195. The fraction of sp³-hybridized carbons (Fsp3) is 0.562. The summed E-state index contributed by atoms with van der Waals surface area (Å²) < 4.78 is 20.3. The van der Waals surface area contributed by atoms with E-state index in [9.17, 15) is 4.39 Å². The predicted molar refractivity (Wildman–Crippen MR) is 79.8 cm³/mol. The summed E-state index contributed by atoms with van der Waals surface area (Å²) >= 11 is 0. The molecule has 0 spiro atoms. The van der Waals surface area contributed by atoms with Crippen molar-refractivity contribution in [1.29, 1.82) is 5.41 Å². The van der Waals surface area contributed by atoms with Crippen molar-refractivity contribution < 1.29 is 9.13 Å². The summed E-state index contributed by atoms with van der Waals surface area (Å²) in [6, 6.07) is 5.51. The van der Waals surface area contributed by atoms with Gasteiger partial charge >= 0.3 is 0 Å². The SMILES string of the molecule is N=C(N)c1cccc(CN2CCOC3CCCCC32)c1F. The monoisotopic (exact) mass is 291 g/mol. The van der Waals surface area contributed by atoms with Gasteiger partial charge in [0.2, 0.25) is 0 Å². The Morgan fingerprint density at radius 2 is 2.19 bits per heavy atom. The molecule has 1 saturated carbocycles. The second-order valence-corrected chi connectivity index (χ2v) is 5.92. The second kappa shape index (κ2) is 6.12. The summed E-state index contributed by atoms with van der Waals surface area (Å²) in [5.41, 5.74) is 6.25. The minimum Gasteiger partial charge on any atom is -0.384 e. The number of fused-ring (bicyclic) bond motifs is 1. The van der Waals surface area contributed by atoms with E-state index in [1.807, 2.05) is 0 Å². The molecule has 0 aromatic heterocycles. The van der Waals surface area contributed by atoms with Crippen LogP contribution in [-0.4, -0.2) is 36.0 Å². The zero-order valence-electron chi connectivity index (χ0n) is 12.1. The van der Waals surface area contributed by atoms with Crippen LogP contribution >= 0.6 is 0 Å². The Hall–Kier alpha value is -1.46. The Morgan fingerprint density at radius 1 is 1.38 bits per heavy atom. The van der Waals surface area contributed by atoms with Crippen LogP contribution in [-0.2, 0) is 11.3 Å². The Balaban J connectivity index is 1.79. The fourth-order valence-corrected chi connectivity index (χ4v) is 3.50. The van der Waals surface area contributed by atoms with E-state index >= 15 is 0 Å². The van der Waals surface area contributed by atoms with Gasteiger partial charge in [-0.3, -0.25) is 10.3 Å². The number of ether oxygens (including phenoxy) is 1. The van der Waals surface area contributed by atoms with Crippen LogP contribution in [0.3, 0.4) is 0 Å². The highest BCUT2D eigenvalue weighted by molar-refractivity contribution is 5.95. The highest BCUT2D eigenvalue weighted by Gasteiger charge is 2.34. The highest BCUT2D eigenvalue weighted by atomic mass is 19.1. The van der Waals surface area contributed by atoms with Crippen LogP contribution in [0.5, 0.6) is 0 Å². The van der Waals surface area contributed by atoms with E-state index in [1.165, 1.54) is 12.8 Å². The average Bonchev–Trinajstić information content (AvgIpc) is 2.49. The molecular formula is C16H22FN3O. The van der Waals surface area contributed by atoms with Gasteiger partial charge < -0.3 is 10.5 Å². The summed E-state index contributed by atoms with van der Waals surface area (Å²) in [7, 11) is 0. The van der Waals surface area contributed by atoms with Gasteiger partial charge in [0.15, 0.2) is 0 Å². The Labute approximate surface area is 124 Å². The highest BCUT2D eigenvalue weighted by Crippen LogP contribution is 2.30. The number of nitrogens with zero attached hydrogens (tertiary/aromatic N) is 1. The van der Waals surface area contributed by atoms with Crippen LogP contribution in [0.4, 0.5) is 4.39 Å². The molecule has 1 aliphatic heterocycles. The minimum atomic E-state index is -0.358. The number of nitrogen functional groups attached to an aromatic ring is 1. The smallest absolute Gasteiger partial charge is 0.138 e. The van der Waals surface area contributed by atoms with Gasteiger partial charge in [0.1, 0.15) is 11.7 Å². The third-order valence-electron chi connectivity index (χ3n) is 4.59. The van der Waals surface area contributed by atoms with E-state index in [0.717, 1.165) is 26.0 Å². The van der Waals surface area contributed by atoms with E-state index < -0.39 is 0 Å². The standard InChI is InChI=1S/C16H22FN3O/c17-15-11(4-3-5-12(15)16(18)19)10-20-8-9-21-14-7-2-1-6-13(14)20/h3-5,13-14H,1-2,6-10H2,(H3,18,19). The maximum Gasteiger partial charge on any atom is 0.138 e. The Kier molecular flexibility index (Phi) is 4.22. The first-order valence-corrected chi connectivity index (χ1v) is 7.64. The molecule has 5 heteroatoms. The van der Waals surface area contributed by atoms with Crippen molar-refractivity contribution in [3.63, 3.8) is 0 Å². The number of hydrogen-bond donors (Lipinski definition) is 2. The molecule has 2 unspecified atom stereocenters. The zero-order valence-corrected chi connectivity index (χ0v) is 12.1. The van der Waals surface area contributed by atoms with Crippen molar-refractivity contribution >= 4 is 5.84 Å². The molecule has 0 bridgehead atoms. The lowest BCUT2D eigenvalue weighted by molar-refractivity contribution is -0.0913. The quantitative estimate of drug-likeness (QED) is 0.663. The molecule has 1 aromatic rings. The molecule has 0 radical (unpaired) electrons. The number of rotatable bonds is 3. The summed E-state index contributed by atoms with van der Waals surface area (Å²) in [5.74, 6) is -0.573. The summed E-state index contributed by atoms with van der Waals surface area (Å²) in [5, 5.41) is 7.44. The van der Waals surface area contributed by atoms with E-state index in [0.29, 0.717) is 24.3 Å². The molecule has 4 nitrogen and oxygen atoms in total. The number of benzene rings is 1. The number of halogens is 1. The number of nitrogens with one attached hydrogen (secondary N) is 1. The molecule has 21 heavy (non-hydrogen) atoms. The molecule has 114 valence electrons. The van der Waals surface area contributed by atoms with Crippen LogP contribution in [0.2, 0.25) is 0 Å². The molecular weight excluding hydrogens is 269 g/mol. The zero-order chi connectivity index (χ0) is 14.8. The third-order valence-corrected chi connectivity index (χ3v) is 4.59. The first-order chi connectivity index (χ1) is 10.2. The van der Waals surface area contributed by atoms with Crippen LogP contribution < -0.4 is 5.73 Å². The molecule has 1 heterocycles. The first-order valence-electron chi connectivity index (χ1n) is 7.64. The molecule has 3 N–H and O–H groups in total. The number of hydrogen-bond acceptors (Lipinski definition) is 3. The average molecular weight is 291 g/mol. The van der Waals surface area contributed by atoms with Crippen LogP contribution in [0.25, 0.3) is 0 Å². The van der Waals surface area contributed by atoms with E-state index in [4.69, 9.17) is 15.9 Å². The molecule has 2 fully saturated rings. The van der Waals surface area contributed by atoms with Gasteiger partial charge in [-0.2, -0.15) is 0 Å². The van der Waals surface area contributed by atoms with Gasteiger partial charge in [-0.15, -0.1) is 0 Å². The van der Waals surface area contributed by atoms with Crippen LogP contribution in [0.1, 0.15) is 36.8 Å². The third kappa shape index (κ3) is 2.94. The largest absolute Gasteiger partial charge is 0.384 e. The van der Waals surface area contributed by atoms with Crippen molar-refractivity contribution in [2.24, 2.45) is 5.73 Å². The molecule has 1 aromatic carbocycles. The van der Waals surface area contributed by atoms with E-state index in [-0.39, 0.29) is 17.2 Å². The van der Waals surface area contributed by atoms with E-state index in [2.05, 4.69) is 4.90 Å². The van der Waals surface area contributed by atoms with Gasteiger partial charge in [0, 0.05) is 24.7 Å². The predicted octanol–water partition coefficient (Wildman–Crippen LogP) is 2.25. The lowest BCUT2D eigenvalue weighted by atomic mass is 9.90. The molecule has 3 rings (SSSR count). The topological polar surface area (TPSA) is 62.3 Å². The van der Waals surface area contributed by atoms with Crippen LogP contribution in [0.15, 0.2) is 18.2 Å². The lowest BCUT2D eigenvalue weighted by Gasteiger charge is -2.44. The maximum absolute atomic E-state index is 14.4. The number of morpholine rings is 1. The lowest BCUT2D eigenvalue weighted by Crippen LogP contribution is -2.52. The first kappa shape index (κ1) is 14.5. The number of amidine groups is 1. The normalized spacial score (nSPS) is 26.3. The molecule has 2 atom stereocenters. The van der Waals surface area contributed by atoms with Crippen molar-refractivity contribution in [3.8, 4) is 0 Å². The van der Waals surface area contributed by atoms with Crippen LogP contribution in [0, 0.1) is 11.2 Å². The van der Waals surface area contributed by atoms with Crippen molar-refractivity contribution in [2.75, 3.05) is 13.2 Å². The summed E-state index contributed by atoms with van der Waals surface area (Å²) in [4.78, 5) is 2.33. The van der Waals surface area contributed by atoms with Gasteiger partial charge in [0.25, 0.3) is 0 Å². The Morgan fingerprint density at radius 3 is 3.00 bits per heavy atom. The van der Waals surface area contributed by atoms with Gasteiger partial charge in [-0.1, -0.05) is 25.0 Å². The molecule has 0 amide bonds. The summed E-state index contributed by atoms with van der Waals surface area (Å²) in [6.07, 6.45) is 4.97. The van der Waals surface area contributed by atoms with Crippen molar-refractivity contribution in [3.05, 3.63) is 35.1 Å². The molecule has 1 saturated heterocycles. The molecule has 2 aliphatic rings. The fourth-order valence-electron chi connectivity index (χ4n) is 3.50. The van der Waals surface area contributed by atoms with Gasteiger partial charge in [-0.05, 0) is 18.9 Å². The van der Waals surface area contributed by atoms with Gasteiger partial charge in [-0.25, -0.2) is 4.39 Å². The number of nitrogens with two attached hydrogens (primary N) is 1.